The molecule has 1 N–H and O–H groups in total. The minimum absolute atomic E-state index is 0.0595. The van der Waals surface area contributed by atoms with Crippen molar-refractivity contribution >= 4 is 5.69 Å². The normalized spacial score (nSPS) is 10.0. The van der Waals surface area contributed by atoms with E-state index in [0.717, 1.165) is 12.1 Å². The third-order valence-corrected chi connectivity index (χ3v) is 1.61. The molecular formula is C8H9FN2O2. The van der Waals surface area contributed by atoms with Gasteiger partial charge in [0.2, 0.25) is 0 Å². The van der Waals surface area contributed by atoms with Crippen LogP contribution in [0, 0.1) is 15.9 Å². The third kappa shape index (κ3) is 2.22. The van der Waals surface area contributed by atoms with Gasteiger partial charge < -0.3 is 5.32 Å². The van der Waals surface area contributed by atoms with Gasteiger partial charge in [-0.25, -0.2) is 4.39 Å². The van der Waals surface area contributed by atoms with Crippen molar-refractivity contribution in [3.63, 3.8) is 0 Å². The molecular weight excluding hydrogens is 175 g/mol. The van der Waals surface area contributed by atoms with E-state index < -0.39 is 10.7 Å². The molecule has 1 rings (SSSR count). The second-order valence-electron chi connectivity index (χ2n) is 2.56. The van der Waals surface area contributed by atoms with Crippen LogP contribution in [0.3, 0.4) is 0 Å². The maximum atomic E-state index is 12.7. The van der Waals surface area contributed by atoms with Gasteiger partial charge in [0.15, 0.2) is 0 Å². The molecule has 0 aromatic heterocycles. The summed E-state index contributed by atoms with van der Waals surface area (Å²) in [5.74, 6) is -0.462. The van der Waals surface area contributed by atoms with Crippen LogP contribution < -0.4 is 5.32 Å². The second kappa shape index (κ2) is 3.95. The van der Waals surface area contributed by atoms with Gasteiger partial charge in [0, 0.05) is 18.2 Å². The summed E-state index contributed by atoms with van der Waals surface area (Å²) in [5, 5.41) is 13.2. The summed E-state index contributed by atoms with van der Waals surface area (Å²) in [6, 6.07) is 3.41. The number of halogens is 1. The van der Waals surface area contributed by atoms with E-state index in [4.69, 9.17) is 0 Å². The largest absolute Gasteiger partial charge is 0.315 e. The van der Waals surface area contributed by atoms with Crippen LogP contribution in [0.5, 0.6) is 0 Å². The van der Waals surface area contributed by atoms with E-state index >= 15 is 0 Å². The molecule has 5 heteroatoms. The highest BCUT2D eigenvalue weighted by Gasteiger charge is 2.12. The number of nitrogens with one attached hydrogen (secondary N) is 1. The van der Waals surface area contributed by atoms with Crippen LogP contribution in [0.1, 0.15) is 5.56 Å². The maximum absolute atomic E-state index is 12.7. The number of nitrogens with zero attached hydrogens (tertiary/aromatic N) is 1. The summed E-state index contributed by atoms with van der Waals surface area (Å²) < 4.78 is 12.7. The van der Waals surface area contributed by atoms with Gasteiger partial charge in [0.1, 0.15) is 5.82 Å². The molecule has 4 nitrogen and oxygen atoms in total. The molecule has 0 aliphatic carbocycles. The van der Waals surface area contributed by atoms with Crippen molar-refractivity contribution in [3.8, 4) is 0 Å². The van der Waals surface area contributed by atoms with Crippen molar-refractivity contribution in [2.24, 2.45) is 0 Å². The standard InChI is InChI=1S/C8H9FN2O2/c1-10-5-6-4-7(9)2-3-8(6)11(12)13/h2-4,10H,5H2,1H3. The molecule has 0 aliphatic heterocycles. The van der Waals surface area contributed by atoms with E-state index in [9.17, 15) is 14.5 Å². The number of rotatable bonds is 3. The van der Waals surface area contributed by atoms with Gasteiger partial charge in [-0.15, -0.1) is 0 Å². The Labute approximate surface area is 74.5 Å². The van der Waals surface area contributed by atoms with Crippen LogP contribution in [0.2, 0.25) is 0 Å². The first-order valence-corrected chi connectivity index (χ1v) is 3.72. The maximum Gasteiger partial charge on any atom is 0.274 e. The molecule has 0 fully saturated rings. The summed E-state index contributed by atoms with van der Waals surface area (Å²) in [5.41, 5.74) is 0.295. The molecule has 0 aliphatic rings. The first-order valence-electron chi connectivity index (χ1n) is 3.72. The Morgan fingerprint density at radius 3 is 2.85 bits per heavy atom. The average Bonchev–Trinajstić information content (AvgIpc) is 2.04. The predicted molar refractivity (Wildman–Crippen MR) is 45.8 cm³/mol. The van der Waals surface area contributed by atoms with Crippen LogP contribution >= 0.6 is 0 Å². The Morgan fingerprint density at radius 1 is 1.62 bits per heavy atom. The first kappa shape index (κ1) is 9.60. The lowest BCUT2D eigenvalue weighted by Crippen LogP contribution is -2.07. The fourth-order valence-corrected chi connectivity index (χ4v) is 1.06. The Bertz CT molecular complexity index is 328. The predicted octanol–water partition coefficient (Wildman–Crippen LogP) is 1.45. The molecule has 70 valence electrons. The molecule has 0 atom stereocenters. The minimum Gasteiger partial charge on any atom is -0.315 e. The Hall–Kier alpha value is -1.49. The highest BCUT2D eigenvalue weighted by atomic mass is 19.1. The van der Waals surface area contributed by atoms with Crippen molar-refractivity contribution < 1.29 is 9.31 Å². The Morgan fingerprint density at radius 2 is 2.31 bits per heavy atom. The van der Waals surface area contributed by atoms with Gasteiger partial charge in [-0.3, -0.25) is 10.1 Å². The fourth-order valence-electron chi connectivity index (χ4n) is 1.06. The monoisotopic (exact) mass is 184 g/mol. The smallest absolute Gasteiger partial charge is 0.274 e. The van der Waals surface area contributed by atoms with E-state index in [1.807, 2.05) is 0 Å². The molecule has 0 saturated heterocycles. The highest BCUT2D eigenvalue weighted by molar-refractivity contribution is 5.40. The SMILES string of the molecule is CNCc1cc(F)ccc1[N+](=O)[O-]. The number of benzene rings is 1. The van der Waals surface area contributed by atoms with Crippen LogP contribution in [0.25, 0.3) is 0 Å². The molecule has 13 heavy (non-hydrogen) atoms. The zero-order valence-corrected chi connectivity index (χ0v) is 7.08. The van der Waals surface area contributed by atoms with Gasteiger partial charge in [-0.05, 0) is 19.2 Å². The van der Waals surface area contributed by atoms with E-state index in [-0.39, 0.29) is 12.2 Å². The van der Waals surface area contributed by atoms with Gasteiger partial charge >= 0.3 is 0 Å². The van der Waals surface area contributed by atoms with Crippen LogP contribution in [-0.2, 0) is 6.54 Å². The van der Waals surface area contributed by atoms with Crippen molar-refractivity contribution in [2.75, 3.05) is 7.05 Å². The number of hydrogen-bond donors (Lipinski definition) is 1. The summed E-state index contributed by atoms with van der Waals surface area (Å²) in [4.78, 5) is 9.94. The fraction of sp³-hybridized carbons (Fsp3) is 0.250. The highest BCUT2D eigenvalue weighted by Crippen LogP contribution is 2.18. The molecule has 0 bridgehead atoms. The molecule has 0 amide bonds. The summed E-state index contributed by atoms with van der Waals surface area (Å²) in [6.07, 6.45) is 0. The van der Waals surface area contributed by atoms with Gasteiger partial charge in [0.25, 0.3) is 5.69 Å². The van der Waals surface area contributed by atoms with E-state index in [1.165, 1.54) is 6.07 Å². The quantitative estimate of drug-likeness (QED) is 0.571. The molecule has 0 unspecified atom stereocenters. The van der Waals surface area contributed by atoms with Crippen molar-refractivity contribution in [1.82, 2.24) is 5.32 Å². The van der Waals surface area contributed by atoms with E-state index in [0.29, 0.717) is 5.56 Å². The second-order valence-corrected chi connectivity index (χ2v) is 2.56. The Balaban J connectivity index is 3.10. The molecule has 1 aromatic carbocycles. The minimum atomic E-state index is -0.522. The summed E-state index contributed by atoms with van der Waals surface area (Å²) in [7, 11) is 1.65. The summed E-state index contributed by atoms with van der Waals surface area (Å²) in [6.45, 7) is 0.286. The molecule has 0 saturated carbocycles. The zero-order valence-electron chi connectivity index (χ0n) is 7.08. The first-order chi connectivity index (χ1) is 6.15. The van der Waals surface area contributed by atoms with Crippen LogP contribution in [0.4, 0.5) is 10.1 Å². The molecule has 0 spiro atoms. The van der Waals surface area contributed by atoms with Crippen molar-refractivity contribution in [3.05, 3.63) is 39.7 Å². The lowest BCUT2D eigenvalue weighted by molar-refractivity contribution is -0.385. The summed E-state index contributed by atoms with van der Waals surface area (Å²) >= 11 is 0. The van der Waals surface area contributed by atoms with Gasteiger partial charge in [-0.1, -0.05) is 0 Å². The molecule has 0 heterocycles. The van der Waals surface area contributed by atoms with Gasteiger partial charge in [0.05, 0.1) is 4.92 Å². The van der Waals surface area contributed by atoms with Crippen molar-refractivity contribution in [1.29, 1.82) is 0 Å². The van der Waals surface area contributed by atoms with Crippen molar-refractivity contribution in [2.45, 2.75) is 6.54 Å². The topological polar surface area (TPSA) is 55.2 Å². The number of nitro groups is 1. The number of hydrogen-bond acceptors (Lipinski definition) is 3. The van der Waals surface area contributed by atoms with Crippen LogP contribution in [-0.4, -0.2) is 12.0 Å². The van der Waals surface area contributed by atoms with E-state index in [2.05, 4.69) is 5.32 Å². The van der Waals surface area contributed by atoms with Crippen LogP contribution in [0.15, 0.2) is 18.2 Å². The van der Waals surface area contributed by atoms with Gasteiger partial charge in [-0.2, -0.15) is 0 Å². The number of nitro benzene ring substituents is 1. The third-order valence-electron chi connectivity index (χ3n) is 1.61. The lowest BCUT2D eigenvalue weighted by Gasteiger charge is -2.01. The zero-order chi connectivity index (χ0) is 9.84. The lowest BCUT2D eigenvalue weighted by atomic mass is 10.2. The van der Waals surface area contributed by atoms with E-state index in [1.54, 1.807) is 7.05 Å². The Kier molecular flexibility index (Phi) is 2.92. The molecule has 0 radical (unpaired) electrons. The molecule has 1 aromatic rings. The average molecular weight is 184 g/mol.